The molecule has 150 valence electrons. The monoisotopic (exact) mass is 422 g/mol. The third-order valence-electron chi connectivity index (χ3n) is 3.83. The van der Waals surface area contributed by atoms with E-state index >= 15 is 0 Å². The molecule has 0 aliphatic rings. The third-order valence-corrected chi connectivity index (χ3v) is 6.95. The van der Waals surface area contributed by atoms with Crippen molar-refractivity contribution >= 4 is 38.3 Å². The van der Waals surface area contributed by atoms with Gasteiger partial charge in [0.1, 0.15) is 5.01 Å². The van der Waals surface area contributed by atoms with Gasteiger partial charge < -0.3 is 10.4 Å². The standard InChI is InChI=1S/C17H21F3N2O3S2/c1-15(2,3)27(25)9-8-21-13(23)10-16(24,17(18,19)20)14-22-11-6-4-5-7-12(11)26-14/h4-7,24H,8-10H2,1-3H3,(H,21,23)/t16-,27-/m1/s1. The number of aromatic nitrogens is 1. The van der Waals surface area contributed by atoms with E-state index in [2.05, 4.69) is 10.3 Å². The minimum Gasteiger partial charge on any atom is -0.374 e. The van der Waals surface area contributed by atoms with E-state index in [1.807, 2.05) is 0 Å². The number of para-hydroxylation sites is 1. The lowest BCUT2D eigenvalue weighted by atomic mass is 9.99. The molecule has 0 spiro atoms. The number of fused-ring (bicyclic) bond motifs is 1. The second-order valence-electron chi connectivity index (χ2n) is 7.03. The summed E-state index contributed by atoms with van der Waals surface area (Å²) in [5, 5.41) is 12.1. The number of nitrogens with zero attached hydrogens (tertiary/aromatic N) is 1. The molecule has 0 unspecified atom stereocenters. The van der Waals surface area contributed by atoms with E-state index in [-0.39, 0.29) is 12.3 Å². The highest BCUT2D eigenvalue weighted by molar-refractivity contribution is 7.86. The summed E-state index contributed by atoms with van der Waals surface area (Å²) in [7, 11) is -1.25. The van der Waals surface area contributed by atoms with Crippen molar-refractivity contribution in [1.82, 2.24) is 10.3 Å². The normalized spacial score (nSPS) is 16.1. The molecule has 0 saturated carbocycles. The Kier molecular flexibility index (Phi) is 6.33. The summed E-state index contributed by atoms with van der Waals surface area (Å²) in [4.78, 5) is 15.9. The number of hydrogen-bond acceptors (Lipinski definition) is 5. The van der Waals surface area contributed by atoms with Crippen molar-refractivity contribution < 1.29 is 27.3 Å². The van der Waals surface area contributed by atoms with Gasteiger partial charge in [-0.15, -0.1) is 11.3 Å². The summed E-state index contributed by atoms with van der Waals surface area (Å²) < 4.78 is 52.6. The number of thiazole rings is 1. The average Bonchev–Trinajstić information content (AvgIpc) is 2.97. The van der Waals surface area contributed by atoms with Gasteiger partial charge in [0, 0.05) is 27.8 Å². The van der Waals surface area contributed by atoms with Gasteiger partial charge in [0.25, 0.3) is 0 Å². The van der Waals surface area contributed by atoms with Crippen molar-refractivity contribution in [2.45, 2.75) is 43.7 Å². The number of benzene rings is 1. The van der Waals surface area contributed by atoms with E-state index in [1.165, 1.54) is 6.07 Å². The second kappa shape index (κ2) is 7.84. The molecular formula is C17H21F3N2O3S2. The molecule has 0 bridgehead atoms. The van der Waals surface area contributed by atoms with Crippen LogP contribution in [0.3, 0.4) is 0 Å². The van der Waals surface area contributed by atoms with E-state index < -0.39 is 44.7 Å². The number of alkyl halides is 3. The lowest BCUT2D eigenvalue weighted by Crippen LogP contribution is -2.46. The smallest absolute Gasteiger partial charge is 0.374 e. The largest absolute Gasteiger partial charge is 0.424 e. The molecule has 0 radical (unpaired) electrons. The highest BCUT2D eigenvalue weighted by Gasteiger charge is 2.58. The molecule has 27 heavy (non-hydrogen) atoms. The van der Waals surface area contributed by atoms with Crippen LogP contribution in [0, 0.1) is 0 Å². The molecule has 2 N–H and O–H groups in total. The molecule has 1 aromatic carbocycles. The second-order valence-corrected chi connectivity index (χ2v) is 10.4. The number of carbonyl (C=O) groups is 1. The van der Waals surface area contributed by atoms with Crippen molar-refractivity contribution in [1.29, 1.82) is 0 Å². The maximum atomic E-state index is 13.6. The van der Waals surface area contributed by atoms with Gasteiger partial charge in [0.05, 0.1) is 16.6 Å². The Morgan fingerprint density at radius 2 is 1.89 bits per heavy atom. The lowest BCUT2D eigenvalue weighted by Gasteiger charge is -2.28. The van der Waals surface area contributed by atoms with Crippen molar-refractivity contribution in [2.75, 3.05) is 12.3 Å². The number of nitrogens with one attached hydrogen (secondary N) is 1. The van der Waals surface area contributed by atoms with Crippen LogP contribution in [0.25, 0.3) is 10.2 Å². The quantitative estimate of drug-likeness (QED) is 0.750. The molecule has 2 rings (SSSR count). The maximum absolute atomic E-state index is 13.6. The first-order valence-corrected chi connectivity index (χ1v) is 10.3. The van der Waals surface area contributed by atoms with Gasteiger partial charge in [-0.1, -0.05) is 12.1 Å². The predicted molar refractivity (Wildman–Crippen MR) is 100.0 cm³/mol. The molecule has 1 heterocycles. The van der Waals surface area contributed by atoms with Crippen molar-refractivity contribution in [3.63, 3.8) is 0 Å². The summed E-state index contributed by atoms with van der Waals surface area (Å²) in [6, 6.07) is 6.41. The number of rotatable bonds is 6. The SMILES string of the molecule is CC(C)(C)[S@](=O)CCNC(=O)C[C@@](O)(c1nc2ccccc2s1)C(F)(F)F. The molecule has 0 fully saturated rings. The zero-order chi connectivity index (χ0) is 20.5. The van der Waals surface area contributed by atoms with Crippen LogP contribution in [0.4, 0.5) is 13.2 Å². The van der Waals surface area contributed by atoms with Crippen LogP contribution in [-0.4, -0.2) is 43.4 Å². The van der Waals surface area contributed by atoms with Crippen LogP contribution < -0.4 is 5.32 Å². The molecule has 0 saturated heterocycles. The van der Waals surface area contributed by atoms with E-state index in [4.69, 9.17) is 0 Å². The first-order chi connectivity index (χ1) is 12.3. The third kappa shape index (κ3) is 5.05. The topological polar surface area (TPSA) is 79.3 Å². The first-order valence-electron chi connectivity index (χ1n) is 8.15. The molecule has 1 amide bonds. The minimum absolute atomic E-state index is 0.0451. The predicted octanol–water partition coefficient (Wildman–Crippen LogP) is 3.10. The fourth-order valence-electron chi connectivity index (χ4n) is 2.23. The Labute approximate surface area is 161 Å². The van der Waals surface area contributed by atoms with Crippen LogP contribution in [0.1, 0.15) is 32.2 Å². The zero-order valence-corrected chi connectivity index (χ0v) is 16.7. The average molecular weight is 422 g/mol. The fraction of sp³-hybridized carbons (Fsp3) is 0.529. The Morgan fingerprint density at radius 1 is 1.26 bits per heavy atom. The summed E-state index contributed by atoms with van der Waals surface area (Å²) >= 11 is 0.695. The summed E-state index contributed by atoms with van der Waals surface area (Å²) in [5.74, 6) is -0.874. The number of amides is 1. The van der Waals surface area contributed by atoms with Gasteiger partial charge >= 0.3 is 6.18 Å². The summed E-state index contributed by atoms with van der Waals surface area (Å²) in [6.07, 6.45) is -6.29. The van der Waals surface area contributed by atoms with Crippen LogP contribution in [-0.2, 0) is 21.2 Å². The van der Waals surface area contributed by atoms with Crippen LogP contribution >= 0.6 is 11.3 Å². The maximum Gasteiger partial charge on any atom is 0.424 e. The van der Waals surface area contributed by atoms with Gasteiger partial charge in [-0.3, -0.25) is 9.00 Å². The van der Waals surface area contributed by atoms with Crippen molar-refractivity contribution in [2.24, 2.45) is 0 Å². The van der Waals surface area contributed by atoms with Crippen LogP contribution in [0.2, 0.25) is 0 Å². The molecule has 5 nitrogen and oxygen atoms in total. The molecule has 2 atom stereocenters. The Bertz CT molecular complexity index is 813. The van der Waals surface area contributed by atoms with Crippen LogP contribution in [0.5, 0.6) is 0 Å². The Hall–Kier alpha value is -1.52. The van der Waals surface area contributed by atoms with E-state index in [0.29, 0.717) is 21.6 Å². The Balaban J connectivity index is 2.14. The number of halogens is 3. The van der Waals surface area contributed by atoms with Crippen LogP contribution in [0.15, 0.2) is 24.3 Å². The number of aliphatic hydroxyl groups is 1. The first kappa shape index (κ1) is 21.8. The van der Waals surface area contributed by atoms with Gasteiger partial charge in [0.15, 0.2) is 0 Å². The molecular weight excluding hydrogens is 401 g/mol. The highest BCUT2D eigenvalue weighted by Crippen LogP contribution is 2.44. The lowest BCUT2D eigenvalue weighted by molar-refractivity contribution is -0.267. The molecule has 1 aromatic heterocycles. The van der Waals surface area contributed by atoms with E-state index in [1.54, 1.807) is 39.0 Å². The van der Waals surface area contributed by atoms with Gasteiger partial charge in [0.2, 0.25) is 11.5 Å². The summed E-state index contributed by atoms with van der Waals surface area (Å²) in [5.41, 5.74) is -3.06. The zero-order valence-electron chi connectivity index (χ0n) is 15.1. The highest BCUT2D eigenvalue weighted by atomic mass is 32.2. The summed E-state index contributed by atoms with van der Waals surface area (Å²) in [6.45, 7) is 5.25. The Morgan fingerprint density at radius 3 is 2.44 bits per heavy atom. The van der Waals surface area contributed by atoms with Crippen molar-refractivity contribution in [3.05, 3.63) is 29.3 Å². The van der Waals surface area contributed by atoms with E-state index in [9.17, 15) is 27.3 Å². The van der Waals surface area contributed by atoms with E-state index in [0.717, 1.165) is 0 Å². The fourth-order valence-corrected chi connectivity index (χ4v) is 4.20. The number of carbonyl (C=O) groups excluding carboxylic acids is 1. The van der Waals surface area contributed by atoms with Gasteiger partial charge in [-0.05, 0) is 32.9 Å². The minimum atomic E-state index is -5.08. The van der Waals surface area contributed by atoms with Gasteiger partial charge in [-0.2, -0.15) is 13.2 Å². The van der Waals surface area contributed by atoms with Gasteiger partial charge in [-0.25, -0.2) is 4.98 Å². The molecule has 2 aromatic rings. The molecule has 10 heteroatoms. The molecule has 0 aliphatic heterocycles. The number of hydrogen-bond donors (Lipinski definition) is 2. The van der Waals surface area contributed by atoms with Crippen molar-refractivity contribution in [3.8, 4) is 0 Å². The molecule has 0 aliphatic carbocycles.